The number of amides is 2. The standard InChI is InChI=1S/C25H21ClF2N4O3/c1-2-19(35)31-8-10-32(11-9-31)25-13-12-14(26)20(21-15(27)4-3-5-17(21)33)22(28)23(13)29-16-6-7-18(34)30-24(16)25/h2-5,12,33H,1,6-11H2,(H,30,34). The minimum atomic E-state index is -0.866. The maximum absolute atomic E-state index is 16.0. The molecule has 0 atom stereocenters. The predicted octanol–water partition coefficient (Wildman–Crippen LogP) is 4.26. The number of aryl methyl sites for hydroxylation is 1. The van der Waals surface area contributed by atoms with E-state index in [9.17, 15) is 19.1 Å². The molecular weight excluding hydrogens is 478 g/mol. The number of carbonyl (C=O) groups excluding carboxylic acids is 2. The van der Waals surface area contributed by atoms with Crippen molar-refractivity contribution in [3.8, 4) is 16.9 Å². The van der Waals surface area contributed by atoms with Gasteiger partial charge in [-0.05, 0) is 24.3 Å². The van der Waals surface area contributed by atoms with Gasteiger partial charge in [-0.2, -0.15) is 0 Å². The number of pyridine rings is 1. The fourth-order valence-corrected chi connectivity index (χ4v) is 4.99. The molecule has 1 aromatic heterocycles. The number of hydrogen-bond acceptors (Lipinski definition) is 5. The number of nitrogens with zero attached hydrogens (tertiary/aromatic N) is 3. The van der Waals surface area contributed by atoms with Crippen LogP contribution in [0.25, 0.3) is 22.0 Å². The second-order valence-electron chi connectivity index (χ2n) is 8.42. The van der Waals surface area contributed by atoms with Crippen molar-refractivity contribution in [2.75, 3.05) is 36.4 Å². The average Bonchev–Trinajstić information content (AvgIpc) is 2.84. The van der Waals surface area contributed by atoms with Crippen LogP contribution in [-0.2, 0) is 16.0 Å². The zero-order valence-electron chi connectivity index (χ0n) is 18.6. The van der Waals surface area contributed by atoms with Crippen molar-refractivity contribution in [3.63, 3.8) is 0 Å². The number of phenols is 1. The van der Waals surface area contributed by atoms with Gasteiger partial charge in [-0.15, -0.1) is 0 Å². The molecule has 0 saturated carbocycles. The molecule has 0 bridgehead atoms. The summed E-state index contributed by atoms with van der Waals surface area (Å²) in [6.07, 6.45) is 1.76. The fourth-order valence-electron chi connectivity index (χ4n) is 4.70. The van der Waals surface area contributed by atoms with Gasteiger partial charge < -0.3 is 20.2 Å². The average molecular weight is 499 g/mol. The lowest BCUT2D eigenvalue weighted by Gasteiger charge is -2.38. The van der Waals surface area contributed by atoms with Gasteiger partial charge in [0.25, 0.3) is 0 Å². The van der Waals surface area contributed by atoms with Crippen molar-refractivity contribution in [2.24, 2.45) is 0 Å². The number of aromatic hydroxyl groups is 1. The largest absolute Gasteiger partial charge is 0.507 e. The van der Waals surface area contributed by atoms with Gasteiger partial charge >= 0.3 is 0 Å². The van der Waals surface area contributed by atoms with Crippen molar-refractivity contribution in [1.29, 1.82) is 0 Å². The molecule has 1 saturated heterocycles. The van der Waals surface area contributed by atoms with Crippen LogP contribution in [0.15, 0.2) is 36.9 Å². The molecule has 2 amide bonds. The van der Waals surface area contributed by atoms with E-state index >= 15 is 4.39 Å². The Morgan fingerprint density at radius 3 is 2.60 bits per heavy atom. The van der Waals surface area contributed by atoms with Crippen molar-refractivity contribution in [3.05, 3.63) is 59.3 Å². The molecule has 0 spiro atoms. The maximum Gasteiger partial charge on any atom is 0.246 e. The Bertz CT molecular complexity index is 1380. The van der Waals surface area contributed by atoms with Crippen LogP contribution < -0.4 is 10.2 Å². The molecule has 2 aliphatic rings. The third-order valence-electron chi connectivity index (χ3n) is 6.40. The van der Waals surface area contributed by atoms with E-state index in [1.54, 1.807) is 4.90 Å². The minimum absolute atomic E-state index is 0.0402. The molecule has 2 aliphatic heterocycles. The Kier molecular flexibility index (Phi) is 5.80. The van der Waals surface area contributed by atoms with Crippen LogP contribution in [0.4, 0.5) is 20.2 Å². The SMILES string of the molecule is C=CC(=O)N1CCN(c2c3c(nc4c(F)c(-c5c(O)cccc5F)c(Cl)cc24)CCC(=O)N3)CC1. The highest BCUT2D eigenvalue weighted by molar-refractivity contribution is 6.34. The number of carbonyl (C=O) groups is 2. The number of anilines is 2. The van der Waals surface area contributed by atoms with Crippen LogP contribution in [0.5, 0.6) is 5.75 Å². The van der Waals surface area contributed by atoms with E-state index in [0.717, 1.165) is 6.07 Å². The Hall–Kier alpha value is -3.72. The van der Waals surface area contributed by atoms with E-state index in [0.29, 0.717) is 55.1 Å². The summed E-state index contributed by atoms with van der Waals surface area (Å²) in [6.45, 7) is 5.20. The van der Waals surface area contributed by atoms with Crippen LogP contribution >= 0.6 is 11.6 Å². The lowest BCUT2D eigenvalue weighted by molar-refractivity contribution is -0.126. The van der Waals surface area contributed by atoms with Crippen molar-refractivity contribution in [2.45, 2.75) is 12.8 Å². The van der Waals surface area contributed by atoms with Gasteiger partial charge in [0.1, 0.15) is 17.1 Å². The summed E-state index contributed by atoms with van der Waals surface area (Å²) in [5.41, 5.74) is 0.864. The van der Waals surface area contributed by atoms with Crippen molar-refractivity contribution in [1.82, 2.24) is 9.88 Å². The summed E-state index contributed by atoms with van der Waals surface area (Å²) in [5.74, 6) is -2.49. The summed E-state index contributed by atoms with van der Waals surface area (Å²) in [6, 6.07) is 5.16. The third kappa shape index (κ3) is 3.85. The first-order valence-corrected chi connectivity index (χ1v) is 11.5. The number of halogens is 3. The van der Waals surface area contributed by atoms with E-state index in [-0.39, 0.29) is 39.9 Å². The highest BCUT2D eigenvalue weighted by Gasteiger charge is 2.31. The van der Waals surface area contributed by atoms with Crippen LogP contribution in [0.2, 0.25) is 5.02 Å². The fraction of sp³-hybridized carbons (Fsp3) is 0.240. The molecule has 0 aliphatic carbocycles. The smallest absolute Gasteiger partial charge is 0.246 e. The molecule has 3 heterocycles. The molecule has 10 heteroatoms. The normalized spacial score (nSPS) is 15.7. The number of hydrogen-bond donors (Lipinski definition) is 2. The quantitative estimate of drug-likeness (QED) is 0.527. The number of aromatic nitrogens is 1. The maximum atomic E-state index is 16.0. The summed E-state index contributed by atoms with van der Waals surface area (Å²) in [4.78, 5) is 32.4. The number of benzene rings is 2. The molecule has 0 unspecified atom stereocenters. The monoisotopic (exact) mass is 498 g/mol. The molecule has 5 rings (SSSR count). The molecule has 0 radical (unpaired) electrons. The zero-order valence-corrected chi connectivity index (χ0v) is 19.3. The molecule has 35 heavy (non-hydrogen) atoms. The zero-order chi connectivity index (χ0) is 24.9. The van der Waals surface area contributed by atoms with Gasteiger partial charge in [0.2, 0.25) is 11.8 Å². The van der Waals surface area contributed by atoms with Gasteiger partial charge in [-0.3, -0.25) is 9.59 Å². The number of piperazine rings is 1. The van der Waals surface area contributed by atoms with Gasteiger partial charge in [0, 0.05) is 50.0 Å². The molecule has 7 nitrogen and oxygen atoms in total. The van der Waals surface area contributed by atoms with Gasteiger partial charge in [-0.1, -0.05) is 24.2 Å². The Morgan fingerprint density at radius 1 is 1.17 bits per heavy atom. The van der Waals surface area contributed by atoms with Crippen LogP contribution in [-0.4, -0.2) is 53.0 Å². The van der Waals surface area contributed by atoms with Crippen LogP contribution in [0, 0.1) is 11.6 Å². The molecule has 1 fully saturated rings. The number of nitrogens with one attached hydrogen (secondary N) is 1. The second kappa shape index (κ2) is 8.81. The van der Waals surface area contributed by atoms with E-state index in [4.69, 9.17) is 11.6 Å². The molecule has 2 aromatic carbocycles. The summed E-state index contributed by atoms with van der Waals surface area (Å²) in [5, 5.41) is 13.3. The highest BCUT2D eigenvalue weighted by Crippen LogP contribution is 2.46. The minimum Gasteiger partial charge on any atom is -0.507 e. The first kappa shape index (κ1) is 23.0. The van der Waals surface area contributed by atoms with Gasteiger partial charge in [0.15, 0.2) is 5.82 Å². The van der Waals surface area contributed by atoms with Crippen LogP contribution in [0.3, 0.4) is 0 Å². The molecular formula is C25H21ClF2N4O3. The first-order valence-electron chi connectivity index (χ1n) is 11.1. The van der Waals surface area contributed by atoms with E-state index in [1.807, 2.05) is 4.90 Å². The summed E-state index contributed by atoms with van der Waals surface area (Å²) >= 11 is 6.48. The van der Waals surface area contributed by atoms with E-state index in [2.05, 4.69) is 16.9 Å². The molecule has 3 aromatic rings. The van der Waals surface area contributed by atoms with E-state index in [1.165, 1.54) is 24.3 Å². The molecule has 180 valence electrons. The Balaban J connectivity index is 1.72. The van der Waals surface area contributed by atoms with Crippen LogP contribution in [0.1, 0.15) is 12.1 Å². The Morgan fingerprint density at radius 2 is 1.91 bits per heavy atom. The van der Waals surface area contributed by atoms with Gasteiger partial charge in [-0.25, -0.2) is 13.8 Å². The molecule has 2 N–H and O–H groups in total. The summed E-state index contributed by atoms with van der Waals surface area (Å²) in [7, 11) is 0. The third-order valence-corrected chi connectivity index (χ3v) is 6.69. The van der Waals surface area contributed by atoms with Gasteiger partial charge in [0.05, 0.1) is 27.7 Å². The summed E-state index contributed by atoms with van der Waals surface area (Å²) < 4.78 is 30.6. The Labute approximate surface area is 204 Å². The van der Waals surface area contributed by atoms with Crippen molar-refractivity contribution >= 4 is 45.7 Å². The van der Waals surface area contributed by atoms with Crippen molar-refractivity contribution < 1.29 is 23.5 Å². The first-order chi connectivity index (χ1) is 16.8. The number of phenolic OH excluding ortho intramolecular Hbond substituents is 1. The number of rotatable bonds is 3. The lowest BCUT2D eigenvalue weighted by Crippen LogP contribution is -2.48. The second-order valence-corrected chi connectivity index (χ2v) is 8.83. The predicted molar refractivity (Wildman–Crippen MR) is 130 cm³/mol. The van der Waals surface area contributed by atoms with E-state index < -0.39 is 17.4 Å². The highest BCUT2D eigenvalue weighted by atomic mass is 35.5. The lowest BCUT2D eigenvalue weighted by atomic mass is 9.97. The topological polar surface area (TPSA) is 85.8 Å². The number of fused-ring (bicyclic) bond motifs is 2.